The van der Waals surface area contributed by atoms with Crippen LogP contribution in [0.15, 0.2) is 4.99 Å². The number of aliphatic hydroxyl groups excluding tert-OH is 4. The molecule has 4 bridgehead atoms. The van der Waals surface area contributed by atoms with Crippen molar-refractivity contribution in [2.45, 2.75) is 47.8 Å². The number of nitrogens with one attached hydrogen (secondary N) is 1. The van der Waals surface area contributed by atoms with Crippen molar-refractivity contribution in [3.05, 3.63) is 0 Å². The Labute approximate surface area is 123 Å². The van der Waals surface area contributed by atoms with Crippen LogP contribution in [-0.4, -0.2) is 91.0 Å². The summed E-state index contributed by atoms with van der Waals surface area (Å²) in [6.07, 6.45) is -7.77. The first kappa shape index (κ1) is 14.5. The molecule has 1 aliphatic carbocycles. The number of guanidine groups is 1. The maximum atomic E-state index is 10.6. The molecule has 0 amide bonds. The predicted octanol–water partition coefficient (Wildman–Crippen LogP) is -5.52. The largest absolute Gasteiger partial charge is 0.393 e. The summed E-state index contributed by atoms with van der Waals surface area (Å²) in [5.74, 6) is -3.95. The van der Waals surface area contributed by atoms with Gasteiger partial charge >= 0.3 is 5.97 Å². The number of rotatable bonds is 1. The standard InChI is InChI=1S/C11H17N3O8/c12-8-13-6(17)2-4-9(19,1-15)5-3(16)10(2,14-8)7(18)11(20,21-4)22-5/h2-7,15-20H,1H2,(H3,12,13,14)/t2?,3-,4?,5?,6+,7-,9?,10?,11?/m0/s1. The lowest BCUT2D eigenvalue weighted by atomic mass is 9.55. The van der Waals surface area contributed by atoms with E-state index >= 15 is 0 Å². The fourth-order valence-corrected chi connectivity index (χ4v) is 4.24. The van der Waals surface area contributed by atoms with Gasteiger partial charge in [-0.05, 0) is 0 Å². The van der Waals surface area contributed by atoms with Gasteiger partial charge in [-0.15, -0.1) is 0 Å². The molecule has 4 heterocycles. The van der Waals surface area contributed by atoms with E-state index in [-0.39, 0.29) is 5.96 Å². The number of nitrogens with zero attached hydrogens (tertiary/aromatic N) is 1. The first-order valence-electron chi connectivity index (χ1n) is 6.77. The fraction of sp³-hybridized carbons (Fsp3) is 0.909. The number of hydrogen-bond acceptors (Lipinski definition) is 11. The molecule has 11 heteroatoms. The third kappa shape index (κ3) is 1.28. The predicted molar refractivity (Wildman–Crippen MR) is 65.7 cm³/mol. The van der Waals surface area contributed by atoms with E-state index in [9.17, 15) is 30.6 Å². The van der Waals surface area contributed by atoms with Gasteiger partial charge in [-0.1, -0.05) is 0 Å². The van der Waals surface area contributed by atoms with Crippen LogP contribution in [0.1, 0.15) is 0 Å². The van der Waals surface area contributed by atoms with E-state index in [0.29, 0.717) is 0 Å². The molecule has 6 unspecified atom stereocenters. The summed E-state index contributed by atoms with van der Waals surface area (Å²) in [6, 6.07) is 0. The van der Waals surface area contributed by atoms with Gasteiger partial charge < -0.3 is 51.2 Å². The summed E-state index contributed by atoms with van der Waals surface area (Å²) in [4.78, 5) is 3.70. The molecule has 3 saturated heterocycles. The van der Waals surface area contributed by atoms with Crippen molar-refractivity contribution in [3.63, 3.8) is 0 Å². The topological polar surface area (TPSA) is 190 Å². The lowest BCUT2D eigenvalue weighted by Gasteiger charge is -2.71. The minimum atomic E-state index is -2.52. The third-order valence-corrected chi connectivity index (χ3v) is 5.22. The zero-order valence-electron chi connectivity index (χ0n) is 11.2. The molecule has 22 heavy (non-hydrogen) atoms. The number of hydrogen-bond donors (Lipinski definition) is 8. The summed E-state index contributed by atoms with van der Waals surface area (Å²) in [5, 5.41) is 64.3. The Kier molecular flexibility index (Phi) is 2.57. The van der Waals surface area contributed by atoms with Crippen molar-refractivity contribution in [1.29, 1.82) is 0 Å². The normalized spacial score (nSPS) is 62.4. The molecule has 0 aromatic carbocycles. The maximum Gasteiger partial charge on any atom is 0.311 e. The average Bonchev–Trinajstić information content (AvgIpc) is 2.45. The van der Waals surface area contributed by atoms with Gasteiger partial charge in [-0.3, -0.25) is 0 Å². The van der Waals surface area contributed by atoms with Gasteiger partial charge in [0.15, 0.2) is 18.3 Å². The molecule has 124 valence electrons. The molecule has 5 aliphatic rings. The molecular weight excluding hydrogens is 302 g/mol. The minimum Gasteiger partial charge on any atom is -0.393 e. The molecule has 0 radical (unpaired) electrons. The molecule has 9 atom stereocenters. The minimum absolute atomic E-state index is 0.250. The lowest BCUT2D eigenvalue weighted by Crippen LogP contribution is -2.95. The van der Waals surface area contributed by atoms with Crippen LogP contribution < -0.4 is 11.1 Å². The van der Waals surface area contributed by atoms with Crippen LogP contribution in [0.4, 0.5) is 0 Å². The Morgan fingerprint density at radius 2 is 1.82 bits per heavy atom. The average molecular weight is 319 g/mol. The van der Waals surface area contributed by atoms with Crippen LogP contribution in [0.25, 0.3) is 0 Å². The second-order valence-corrected chi connectivity index (χ2v) is 6.22. The van der Waals surface area contributed by atoms with Crippen LogP contribution in [-0.2, 0) is 9.47 Å². The Bertz CT molecular complexity index is 561. The van der Waals surface area contributed by atoms with Gasteiger partial charge in [0.2, 0.25) is 0 Å². The first-order valence-corrected chi connectivity index (χ1v) is 6.77. The fourth-order valence-electron chi connectivity index (χ4n) is 4.24. The molecule has 1 saturated carbocycles. The number of nitrogens with two attached hydrogens (primary N) is 1. The summed E-state index contributed by atoms with van der Waals surface area (Å²) in [5.41, 5.74) is 1.74. The van der Waals surface area contributed by atoms with E-state index in [4.69, 9.17) is 15.2 Å². The Balaban J connectivity index is 1.95. The quantitative estimate of drug-likeness (QED) is 0.231. The van der Waals surface area contributed by atoms with E-state index < -0.39 is 60.3 Å². The van der Waals surface area contributed by atoms with E-state index in [1.54, 1.807) is 0 Å². The number of aliphatic imine (C=N–C) groups is 1. The highest BCUT2D eigenvalue weighted by Gasteiger charge is 2.82. The monoisotopic (exact) mass is 319 g/mol. The Hall–Kier alpha value is -1.05. The van der Waals surface area contributed by atoms with Gasteiger partial charge in [-0.25, -0.2) is 4.99 Å². The second kappa shape index (κ2) is 3.88. The summed E-state index contributed by atoms with van der Waals surface area (Å²) in [7, 11) is 0. The van der Waals surface area contributed by atoms with Gasteiger partial charge in [0.25, 0.3) is 0 Å². The number of ether oxygens (including phenoxy) is 2. The molecule has 9 N–H and O–H groups in total. The van der Waals surface area contributed by atoms with Crippen LogP contribution in [0, 0.1) is 5.92 Å². The third-order valence-electron chi connectivity index (χ3n) is 5.22. The van der Waals surface area contributed by atoms with Gasteiger partial charge in [0.1, 0.15) is 29.5 Å². The summed E-state index contributed by atoms with van der Waals surface area (Å²) in [6.45, 7) is -0.857. The van der Waals surface area contributed by atoms with E-state index in [1.165, 1.54) is 0 Å². The smallest absolute Gasteiger partial charge is 0.311 e. The Morgan fingerprint density at radius 1 is 1.18 bits per heavy atom. The number of aliphatic hydroxyl groups is 6. The van der Waals surface area contributed by atoms with Crippen molar-refractivity contribution in [2.75, 3.05) is 6.61 Å². The first-order chi connectivity index (χ1) is 10.2. The molecule has 0 aromatic heterocycles. The molecule has 4 fully saturated rings. The van der Waals surface area contributed by atoms with Crippen molar-refractivity contribution in [2.24, 2.45) is 16.6 Å². The zero-order chi connectivity index (χ0) is 16.1. The highest BCUT2D eigenvalue weighted by atomic mass is 16.9. The zero-order valence-corrected chi connectivity index (χ0v) is 11.2. The highest BCUT2D eigenvalue weighted by Crippen LogP contribution is 2.58. The van der Waals surface area contributed by atoms with Crippen molar-refractivity contribution < 1.29 is 40.1 Å². The maximum absolute atomic E-state index is 10.6. The van der Waals surface area contributed by atoms with E-state index in [0.717, 1.165) is 0 Å². The lowest BCUT2D eigenvalue weighted by molar-refractivity contribution is -0.548. The van der Waals surface area contributed by atoms with Gasteiger partial charge in [0.05, 0.1) is 12.5 Å². The van der Waals surface area contributed by atoms with Crippen LogP contribution >= 0.6 is 0 Å². The second-order valence-electron chi connectivity index (χ2n) is 6.22. The van der Waals surface area contributed by atoms with Crippen LogP contribution in [0.2, 0.25) is 0 Å². The Morgan fingerprint density at radius 3 is 2.45 bits per heavy atom. The van der Waals surface area contributed by atoms with E-state index in [2.05, 4.69) is 10.3 Å². The van der Waals surface area contributed by atoms with Crippen molar-refractivity contribution in [1.82, 2.24) is 5.32 Å². The molecule has 0 aromatic rings. The molecule has 4 aliphatic heterocycles. The summed E-state index contributed by atoms with van der Waals surface area (Å²) >= 11 is 0. The van der Waals surface area contributed by atoms with Crippen molar-refractivity contribution in [3.8, 4) is 0 Å². The van der Waals surface area contributed by atoms with Crippen LogP contribution in [0.5, 0.6) is 0 Å². The van der Waals surface area contributed by atoms with Gasteiger partial charge in [0, 0.05) is 0 Å². The van der Waals surface area contributed by atoms with Crippen LogP contribution in [0.3, 0.4) is 0 Å². The SMILES string of the molecule is NC1=N[C@H](O)C2C3OC4(O)OC([C@H](O)C2(N1)[C@@H]4O)C3(O)CO. The molecule has 5 rings (SSSR count). The van der Waals surface area contributed by atoms with E-state index in [1.807, 2.05) is 0 Å². The van der Waals surface area contributed by atoms with Crippen molar-refractivity contribution >= 4 is 5.96 Å². The highest BCUT2D eigenvalue weighted by molar-refractivity contribution is 5.80. The molecule has 1 spiro atoms. The molecular formula is C11H17N3O8. The van der Waals surface area contributed by atoms with Gasteiger partial charge in [-0.2, -0.15) is 0 Å². The summed E-state index contributed by atoms with van der Waals surface area (Å²) < 4.78 is 10.3. The molecule has 11 nitrogen and oxygen atoms in total.